The average Bonchev–Trinajstić information content (AvgIpc) is 2.70. The van der Waals surface area contributed by atoms with Crippen molar-refractivity contribution in [3.05, 3.63) is 39.9 Å². The molecule has 0 aliphatic carbocycles. The Kier molecular flexibility index (Phi) is 3.76. The van der Waals surface area contributed by atoms with Crippen LogP contribution >= 0.6 is 24.0 Å². The first kappa shape index (κ1) is 13.4. The van der Waals surface area contributed by atoms with Gasteiger partial charge in [-0.1, -0.05) is 30.0 Å². The zero-order valence-corrected chi connectivity index (χ0v) is 11.0. The van der Waals surface area contributed by atoms with Crippen LogP contribution in [0.25, 0.3) is 0 Å². The number of thiocarbonyl (C=S) groups is 1. The molecule has 0 radical (unpaired) electrons. The van der Waals surface area contributed by atoms with Crippen LogP contribution < -0.4 is 5.43 Å². The predicted octanol–water partition coefficient (Wildman–Crippen LogP) is 1.10. The number of hydrogen-bond donors (Lipinski definition) is 1. The Morgan fingerprint density at radius 2 is 2.26 bits per heavy atom. The topological polar surface area (TPSA) is 92.6 Å². The highest BCUT2D eigenvalue weighted by atomic mass is 32.2. The third-order valence-electron chi connectivity index (χ3n) is 2.28. The summed E-state index contributed by atoms with van der Waals surface area (Å²) in [5.74, 6) is -0.774. The van der Waals surface area contributed by atoms with Gasteiger partial charge in [-0.25, -0.2) is 5.01 Å². The van der Waals surface area contributed by atoms with Gasteiger partial charge in [0.2, 0.25) is 0 Å². The molecule has 98 valence electrons. The summed E-state index contributed by atoms with van der Waals surface area (Å²) in [6.45, 7) is 0. The molecule has 1 aliphatic rings. The van der Waals surface area contributed by atoms with E-state index in [2.05, 4.69) is 5.43 Å². The van der Waals surface area contributed by atoms with Gasteiger partial charge in [-0.2, -0.15) is 0 Å². The van der Waals surface area contributed by atoms with Gasteiger partial charge in [-0.3, -0.25) is 25.1 Å². The highest BCUT2D eigenvalue weighted by Gasteiger charge is 2.28. The van der Waals surface area contributed by atoms with Crippen LogP contribution in [0, 0.1) is 10.1 Å². The Labute approximate surface area is 117 Å². The lowest BCUT2D eigenvalue weighted by atomic mass is 10.2. The molecule has 1 heterocycles. The number of benzene rings is 1. The summed E-state index contributed by atoms with van der Waals surface area (Å²) in [6, 6.07) is 5.22. The van der Waals surface area contributed by atoms with Gasteiger partial charge in [0, 0.05) is 17.7 Å². The maximum absolute atomic E-state index is 11.9. The molecule has 2 rings (SSSR count). The van der Waals surface area contributed by atoms with E-state index in [4.69, 9.17) is 12.2 Å². The van der Waals surface area contributed by atoms with E-state index in [1.165, 1.54) is 18.2 Å². The van der Waals surface area contributed by atoms with E-state index in [-0.39, 0.29) is 27.2 Å². The molecule has 0 unspecified atom stereocenters. The van der Waals surface area contributed by atoms with Gasteiger partial charge in [0.15, 0.2) is 4.32 Å². The van der Waals surface area contributed by atoms with Crippen LogP contribution in [0.15, 0.2) is 24.3 Å². The standard InChI is InChI=1S/C10H7N3O4S2/c14-8-5-19-10(18)12(8)11-9(15)6-2-1-3-7(4-6)13(16)17/h1-4H,5H2,(H,11,15). The predicted molar refractivity (Wildman–Crippen MR) is 72.5 cm³/mol. The van der Waals surface area contributed by atoms with Gasteiger partial charge < -0.3 is 0 Å². The van der Waals surface area contributed by atoms with Gasteiger partial charge in [-0.15, -0.1) is 0 Å². The summed E-state index contributed by atoms with van der Waals surface area (Å²) in [7, 11) is 0. The van der Waals surface area contributed by atoms with Crippen molar-refractivity contribution >= 4 is 45.8 Å². The van der Waals surface area contributed by atoms with Gasteiger partial charge >= 0.3 is 0 Å². The molecule has 1 aliphatic heterocycles. The maximum atomic E-state index is 11.9. The number of carbonyl (C=O) groups excluding carboxylic acids is 2. The Balaban J connectivity index is 2.16. The molecule has 0 bridgehead atoms. The number of non-ortho nitro benzene ring substituents is 1. The van der Waals surface area contributed by atoms with Crippen molar-refractivity contribution in [1.29, 1.82) is 0 Å². The second kappa shape index (κ2) is 5.33. The molecule has 1 saturated heterocycles. The minimum atomic E-state index is -0.623. The molecule has 1 N–H and O–H groups in total. The number of hydrogen-bond acceptors (Lipinski definition) is 6. The summed E-state index contributed by atoms with van der Waals surface area (Å²) in [6.07, 6.45) is 0. The Morgan fingerprint density at radius 1 is 1.53 bits per heavy atom. The largest absolute Gasteiger partial charge is 0.272 e. The summed E-state index contributed by atoms with van der Waals surface area (Å²) in [5.41, 5.74) is 2.21. The number of hydrazine groups is 1. The number of nitrogens with one attached hydrogen (secondary N) is 1. The molecular formula is C10H7N3O4S2. The zero-order valence-electron chi connectivity index (χ0n) is 9.36. The van der Waals surface area contributed by atoms with E-state index in [1.807, 2.05) is 0 Å². The fraction of sp³-hybridized carbons (Fsp3) is 0.100. The number of carbonyl (C=O) groups is 2. The van der Waals surface area contributed by atoms with E-state index in [1.54, 1.807) is 0 Å². The third kappa shape index (κ3) is 2.88. The lowest BCUT2D eigenvalue weighted by Crippen LogP contribution is -2.45. The van der Waals surface area contributed by atoms with E-state index >= 15 is 0 Å². The van der Waals surface area contributed by atoms with Crippen molar-refractivity contribution < 1.29 is 14.5 Å². The van der Waals surface area contributed by atoms with Gasteiger partial charge in [0.05, 0.1) is 10.7 Å². The van der Waals surface area contributed by atoms with Crippen LogP contribution in [-0.2, 0) is 4.79 Å². The van der Waals surface area contributed by atoms with Crippen LogP contribution in [0.2, 0.25) is 0 Å². The van der Waals surface area contributed by atoms with Gasteiger partial charge in [0.25, 0.3) is 17.5 Å². The van der Waals surface area contributed by atoms with Crippen LogP contribution in [0.5, 0.6) is 0 Å². The number of rotatable bonds is 3. The Morgan fingerprint density at radius 3 is 2.84 bits per heavy atom. The first-order valence-corrected chi connectivity index (χ1v) is 6.43. The lowest BCUT2D eigenvalue weighted by Gasteiger charge is -2.15. The second-order valence-electron chi connectivity index (χ2n) is 3.53. The minimum Gasteiger partial charge on any atom is -0.272 e. The molecule has 19 heavy (non-hydrogen) atoms. The molecule has 0 atom stereocenters. The normalized spacial score (nSPS) is 14.6. The van der Waals surface area contributed by atoms with Crippen molar-refractivity contribution in [3.8, 4) is 0 Å². The zero-order chi connectivity index (χ0) is 14.0. The first-order chi connectivity index (χ1) is 8.99. The molecule has 2 amide bonds. The Hall–Kier alpha value is -2.00. The SMILES string of the molecule is O=C(NN1C(=O)CSC1=S)c1cccc([N+](=O)[O-])c1. The smallest absolute Gasteiger partial charge is 0.270 e. The number of nitrogens with zero attached hydrogens (tertiary/aromatic N) is 2. The summed E-state index contributed by atoms with van der Waals surface area (Å²) >= 11 is 6.04. The fourth-order valence-corrected chi connectivity index (χ4v) is 2.37. The van der Waals surface area contributed by atoms with Crippen molar-refractivity contribution in [1.82, 2.24) is 10.4 Å². The molecule has 1 aromatic rings. The van der Waals surface area contributed by atoms with Crippen molar-refractivity contribution in [3.63, 3.8) is 0 Å². The van der Waals surface area contributed by atoms with Gasteiger partial charge in [0.1, 0.15) is 0 Å². The van der Waals surface area contributed by atoms with E-state index in [9.17, 15) is 19.7 Å². The number of nitro groups is 1. The summed E-state index contributed by atoms with van der Waals surface area (Å²) in [4.78, 5) is 33.3. The average molecular weight is 297 g/mol. The molecule has 0 aromatic heterocycles. The van der Waals surface area contributed by atoms with E-state index < -0.39 is 10.8 Å². The fourth-order valence-electron chi connectivity index (χ4n) is 1.39. The maximum Gasteiger partial charge on any atom is 0.270 e. The molecule has 1 fully saturated rings. The van der Waals surface area contributed by atoms with Crippen LogP contribution in [0.1, 0.15) is 10.4 Å². The van der Waals surface area contributed by atoms with Crippen molar-refractivity contribution in [2.75, 3.05) is 5.75 Å². The van der Waals surface area contributed by atoms with Crippen molar-refractivity contribution in [2.45, 2.75) is 0 Å². The minimum absolute atomic E-state index is 0.0849. The molecule has 1 aromatic carbocycles. The quantitative estimate of drug-likeness (QED) is 0.510. The molecule has 7 nitrogen and oxygen atoms in total. The summed E-state index contributed by atoms with van der Waals surface area (Å²) in [5, 5.41) is 11.6. The third-order valence-corrected chi connectivity index (χ3v) is 3.64. The van der Waals surface area contributed by atoms with Crippen LogP contribution in [-0.4, -0.2) is 31.8 Å². The number of amides is 2. The van der Waals surface area contributed by atoms with E-state index in [0.717, 1.165) is 22.8 Å². The highest BCUT2D eigenvalue weighted by molar-refractivity contribution is 8.23. The van der Waals surface area contributed by atoms with E-state index in [0.29, 0.717) is 0 Å². The Bertz CT molecular complexity index is 574. The van der Waals surface area contributed by atoms with Crippen molar-refractivity contribution in [2.24, 2.45) is 0 Å². The van der Waals surface area contributed by atoms with Crippen LogP contribution in [0.4, 0.5) is 5.69 Å². The molecule has 9 heteroatoms. The van der Waals surface area contributed by atoms with Gasteiger partial charge in [-0.05, 0) is 6.07 Å². The monoisotopic (exact) mass is 297 g/mol. The molecule has 0 saturated carbocycles. The van der Waals surface area contributed by atoms with Crippen LogP contribution in [0.3, 0.4) is 0 Å². The number of thioether (sulfide) groups is 1. The lowest BCUT2D eigenvalue weighted by molar-refractivity contribution is -0.384. The number of nitro benzene ring substituents is 1. The highest BCUT2D eigenvalue weighted by Crippen LogP contribution is 2.18. The first-order valence-electron chi connectivity index (χ1n) is 5.04. The molecule has 0 spiro atoms. The second-order valence-corrected chi connectivity index (χ2v) is 5.14. The summed E-state index contributed by atoms with van der Waals surface area (Å²) < 4.78 is 0.254. The molecular weight excluding hydrogens is 290 g/mol.